The first-order chi connectivity index (χ1) is 7.65. The maximum Gasteiger partial charge on any atom is 0.220 e. The molecule has 0 spiro atoms. The van der Waals surface area contributed by atoms with Gasteiger partial charge in [-0.2, -0.15) is 0 Å². The van der Waals surface area contributed by atoms with Crippen molar-refractivity contribution < 1.29 is 4.21 Å². The lowest BCUT2D eigenvalue weighted by atomic mass is 10.3. The van der Waals surface area contributed by atoms with Gasteiger partial charge in [0.1, 0.15) is 5.15 Å². The first kappa shape index (κ1) is 12.0. The molecule has 16 heavy (non-hydrogen) atoms. The molecule has 0 aliphatic carbocycles. The highest BCUT2D eigenvalue weighted by atomic mass is 35.5. The van der Waals surface area contributed by atoms with Gasteiger partial charge in [-0.3, -0.25) is 4.21 Å². The average Bonchev–Trinajstić information content (AvgIpc) is 2.68. The lowest BCUT2D eigenvalue weighted by Gasteiger charge is -2.08. The summed E-state index contributed by atoms with van der Waals surface area (Å²) in [5.74, 6) is 0.569. The first-order valence-electron chi connectivity index (χ1n) is 5.28. The molecule has 2 heterocycles. The zero-order valence-electron chi connectivity index (χ0n) is 9.07. The Morgan fingerprint density at radius 3 is 3.06 bits per heavy atom. The minimum Gasteiger partial charge on any atom is -0.313 e. The molecule has 1 saturated heterocycles. The van der Waals surface area contributed by atoms with Crippen molar-refractivity contribution in [3.63, 3.8) is 0 Å². The van der Waals surface area contributed by atoms with Gasteiger partial charge in [0.25, 0.3) is 0 Å². The summed E-state index contributed by atoms with van der Waals surface area (Å²) in [6, 6.07) is 1.99. The van der Waals surface area contributed by atoms with Crippen LogP contribution in [0.3, 0.4) is 0 Å². The second-order valence-corrected chi connectivity index (χ2v) is 5.70. The van der Waals surface area contributed by atoms with Crippen LogP contribution >= 0.6 is 11.6 Å². The molecule has 88 valence electrons. The Labute approximate surface area is 102 Å². The van der Waals surface area contributed by atoms with Crippen LogP contribution in [0.2, 0.25) is 5.15 Å². The Morgan fingerprint density at radius 1 is 1.62 bits per heavy atom. The number of nitrogens with zero attached hydrogens (tertiary/aromatic N) is 2. The molecule has 1 aliphatic rings. The van der Waals surface area contributed by atoms with Crippen LogP contribution in [0.5, 0.6) is 0 Å². The van der Waals surface area contributed by atoms with E-state index in [1.54, 1.807) is 6.07 Å². The zero-order valence-corrected chi connectivity index (χ0v) is 10.6. The number of nitrogens with one attached hydrogen (secondary N) is 1. The maximum atomic E-state index is 12.0. The van der Waals surface area contributed by atoms with E-state index < -0.39 is 10.8 Å². The van der Waals surface area contributed by atoms with Gasteiger partial charge in [-0.1, -0.05) is 11.6 Å². The van der Waals surface area contributed by atoms with E-state index in [1.165, 1.54) is 0 Å². The zero-order chi connectivity index (χ0) is 11.5. The molecular formula is C10H14ClN3OS. The molecule has 6 heteroatoms. The van der Waals surface area contributed by atoms with Gasteiger partial charge in [-0.25, -0.2) is 9.97 Å². The molecule has 2 rings (SSSR count). The van der Waals surface area contributed by atoms with E-state index in [-0.39, 0.29) is 0 Å². The Kier molecular flexibility index (Phi) is 3.89. The molecule has 0 saturated carbocycles. The third kappa shape index (κ3) is 2.99. The van der Waals surface area contributed by atoms with Crippen LogP contribution in [0.4, 0.5) is 0 Å². The SMILES string of the molecule is Cc1cc(Cl)nc(S(=O)CC2CCCN2)n1. The van der Waals surface area contributed by atoms with Crippen molar-refractivity contribution in [2.24, 2.45) is 0 Å². The van der Waals surface area contributed by atoms with Crippen LogP contribution in [0, 0.1) is 6.92 Å². The smallest absolute Gasteiger partial charge is 0.220 e. The molecule has 2 atom stereocenters. The molecule has 0 bridgehead atoms. The van der Waals surface area contributed by atoms with Crippen molar-refractivity contribution in [2.45, 2.75) is 31.0 Å². The van der Waals surface area contributed by atoms with Gasteiger partial charge in [0.15, 0.2) is 0 Å². The number of halogens is 1. The van der Waals surface area contributed by atoms with Crippen molar-refractivity contribution in [3.8, 4) is 0 Å². The third-order valence-electron chi connectivity index (χ3n) is 2.52. The van der Waals surface area contributed by atoms with Crippen LogP contribution in [0.1, 0.15) is 18.5 Å². The summed E-state index contributed by atoms with van der Waals surface area (Å²) in [7, 11) is -1.16. The predicted octanol–water partition coefficient (Wildman–Crippen LogP) is 1.30. The van der Waals surface area contributed by atoms with Crippen molar-refractivity contribution in [2.75, 3.05) is 12.3 Å². The third-order valence-corrected chi connectivity index (χ3v) is 4.01. The summed E-state index contributed by atoms with van der Waals surface area (Å²) in [4.78, 5) is 8.15. The second-order valence-electron chi connectivity index (χ2n) is 3.92. The Morgan fingerprint density at radius 2 is 2.44 bits per heavy atom. The fourth-order valence-corrected chi connectivity index (χ4v) is 3.30. The number of aromatic nitrogens is 2. The highest BCUT2D eigenvalue weighted by Gasteiger charge is 2.19. The van der Waals surface area contributed by atoms with Crippen molar-refractivity contribution in [1.82, 2.24) is 15.3 Å². The first-order valence-corrected chi connectivity index (χ1v) is 6.98. The van der Waals surface area contributed by atoms with Gasteiger partial charge < -0.3 is 5.32 Å². The van der Waals surface area contributed by atoms with Gasteiger partial charge in [-0.05, 0) is 32.4 Å². The summed E-state index contributed by atoms with van der Waals surface area (Å²) >= 11 is 5.81. The summed E-state index contributed by atoms with van der Waals surface area (Å²) in [6.07, 6.45) is 2.22. The van der Waals surface area contributed by atoms with Crippen LogP contribution in [-0.4, -0.2) is 32.5 Å². The van der Waals surface area contributed by atoms with Gasteiger partial charge in [0.2, 0.25) is 5.16 Å². The number of hydrogen-bond donors (Lipinski definition) is 1. The van der Waals surface area contributed by atoms with E-state index >= 15 is 0 Å². The highest BCUT2D eigenvalue weighted by Crippen LogP contribution is 2.12. The van der Waals surface area contributed by atoms with Crippen molar-refractivity contribution in [1.29, 1.82) is 0 Å². The highest BCUT2D eigenvalue weighted by molar-refractivity contribution is 7.84. The molecule has 1 aliphatic heterocycles. The van der Waals surface area contributed by atoms with Crippen LogP contribution in [-0.2, 0) is 10.8 Å². The average molecular weight is 260 g/mol. The standard InChI is InChI=1S/C10H14ClN3OS/c1-7-5-9(11)14-10(13-7)16(15)6-8-3-2-4-12-8/h5,8,12H,2-4,6H2,1H3. The Bertz CT molecular complexity index is 387. The largest absolute Gasteiger partial charge is 0.313 e. The molecule has 4 nitrogen and oxygen atoms in total. The number of hydrogen-bond acceptors (Lipinski definition) is 4. The monoisotopic (exact) mass is 259 g/mol. The maximum absolute atomic E-state index is 12.0. The number of aryl methyl sites for hydroxylation is 1. The van der Waals surface area contributed by atoms with E-state index in [1.807, 2.05) is 6.92 Å². The fourth-order valence-electron chi connectivity index (χ4n) is 1.76. The van der Waals surface area contributed by atoms with E-state index in [9.17, 15) is 4.21 Å². The summed E-state index contributed by atoms with van der Waals surface area (Å²) < 4.78 is 12.0. The molecule has 1 aromatic rings. The van der Waals surface area contributed by atoms with E-state index in [0.717, 1.165) is 25.1 Å². The van der Waals surface area contributed by atoms with Gasteiger partial charge in [0, 0.05) is 17.5 Å². The Balaban J connectivity index is 2.07. The Hall–Kier alpha value is -0.520. The molecule has 1 N–H and O–H groups in total. The van der Waals surface area contributed by atoms with Crippen LogP contribution in [0.15, 0.2) is 11.2 Å². The minimum absolute atomic E-state index is 0.323. The molecule has 2 unspecified atom stereocenters. The summed E-state index contributed by atoms with van der Waals surface area (Å²) in [5, 5.41) is 4.01. The van der Waals surface area contributed by atoms with E-state index in [0.29, 0.717) is 22.1 Å². The van der Waals surface area contributed by atoms with Crippen molar-refractivity contribution in [3.05, 3.63) is 16.9 Å². The lowest BCUT2D eigenvalue weighted by molar-refractivity contribution is 0.637. The fraction of sp³-hybridized carbons (Fsp3) is 0.600. The normalized spacial score (nSPS) is 22.2. The molecule has 1 fully saturated rings. The van der Waals surface area contributed by atoms with Crippen molar-refractivity contribution >= 4 is 22.4 Å². The summed E-state index contributed by atoms with van der Waals surface area (Å²) in [6.45, 7) is 2.83. The second kappa shape index (κ2) is 5.21. The molecular weight excluding hydrogens is 246 g/mol. The summed E-state index contributed by atoms with van der Waals surface area (Å²) in [5.41, 5.74) is 0.753. The van der Waals surface area contributed by atoms with E-state index in [2.05, 4.69) is 15.3 Å². The minimum atomic E-state index is -1.16. The quantitative estimate of drug-likeness (QED) is 0.657. The lowest BCUT2D eigenvalue weighted by Crippen LogP contribution is -2.28. The molecule has 1 aromatic heterocycles. The number of rotatable bonds is 3. The van der Waals surface area contributed by atoms with Gasteiger partial charge in [0.05, 0.1) is 10.8 Å². The topological polar surface area (TPSA) is 54.9 Å². The van der Waals surface area contributed by atoms with Gasteiger partial charge >= 0.3 is 0 Å². The van der Waals surface area contributed by atoms with Crippen LogP contribution < -0.4 is 5.32 Å². The van der Waals surface area contributed by atoms with Crippen LogP contribution in [0.25, 0.3) is 0 Å². The van der Waals surface area contributed by atoms with Gasteiger partial charge in [-0.15, -0.1) is 0 Å². The molecule has 0 radical (unpaired) electrons. The van der Waals surface area contributed by atoms with E-state index in [4.69, 9.17) is 11.6 Å². The molecule has 0 aromatic carbocycles. The predicted molar refractivity (Wildman–Crippen MR) is 64.1 cm³/mol. The molecule has 0 amide bonds.